The zero-order chi connectivity index (χ0) is 21.0. The highest BCUT2D eigenvalue weighted by atomic mass is 19.4. The smallest absolute Gasteiger partial charge is 0.494 e. The van der Waals surface area contributed by atoms with Crippen molar-refractivity contribution in [1.29, 1.82) is 0 Å². The Kier molecular flexibility index (Phi) is 6.07. The van der Waals surface area contributed by atoms with Gasteiger partial charge in [0.15, 0.2) is 6.04 Å². The van der Waals surface area contributed by atoms with Gasteiger partial charge >= 0.3 is 6.36 Å². The molecule has 2 aromatic carbocycles. The molecule has 1 fully saturated rings. The van der Waals surface area contributed by atoms with E-state index in [9.17, 15) is 22.8 Å². The van der Waals surface area contributed by atoms with Crippen molar-refractivity contribution in [3.63, 3.8) is 0 Å². The zero-order valence-corrected chi connectivity index (χ0v) is 15.6. The Morgan fingerprint density at radius 1 is 1.03 bits per heavy atom. The highest BCUT2D eigenvalue weighted by molar-refractivity contribution is 6.21. The van der Waals surface area contributed by atoms with Crippen molar-refractivity contribution < 1.29 is 37.6 Å². The average Bonchev–Trinajstić information content (AvgIpc) is 2.94. The molecular weight excluding hydrogens is 389 g/mol. The fraction of sp³-hybridized carbons (Fsp3) is 0.300. The first-order chi connectivity index (χ1) is 13.8. The number of alkyl halides is 3. The van der Waals surface area contributed by atoms with Crippen LogP contribution in [0.15, 0.2) is 48.5 Å². The van der Waals surface area contributed by atoms with E-state index in [-0.39, 0.29) is 24.0 Å². The number of carbonyl (C=O) groups is 2. The molecule has 29 heavy (non-hydrogen) atoms. The van der Waals surface area contributed by atoms with Gasteiger partial charge in [0.25, 0.3) is 5.91 Å². The van der Waals surface area contributed by atoms with Gasteiger partial charge in [-0.25, -0.2) is 4.90 Å². The molecule has 1 aliphatic heterocycles. The predicted molar refractivity (Wildman–Crippen MR) is 97.3 cm³/mol. The number of ether oxygens (including phenoxy) is 2. The molecule has 0 aromatic heterocycles. The monoisotopic (exact) mass is 409 g/mol. The molecule has 2 amide bonds. The van der Waals surface area contributed by atoms with Gasteiger partial charge in [-0.1, -0.05) is 0 Å². The van der Waals surface area contributed by atoms with Crippen molar-refractivity contribution >= 4 is 17.5 Å². The lowest BCUT2D eigenvalue weighted by molar-refractivity contribution is -0.690. The summed E-state index contributed by atoms with van der Waals surface area (Å²) >= 11 is 0. The third kappa shape index (κ3) is 5.26. The predicted octanol–water partition coefficient (Wildman–Crippen LogP) is 2.38. The molecule has 1 saturated heterocycles. The molecule has 0 aliphatic carbocycles. The normalized spacial score (nSPS) is 17.0. The fourth-order valence-corrected chi connectivity index (χ4v) is 3.07. The quantitative estimate of drug-likeness (QED) is 0.713. The Morgan fingerprint density at radius 2 is 1.66 bits per heavy atom. The minimum absolute atomic E-state index is 0.0569. The molecular formula is C20H20F3N2O4+. The van der Waals surface area contributed by atoms with Crippen LogP contribution in [0.3, 0.4) is 0 Å². The van der Waals surface area contributed by atoms with Gasteiger partial charge in [-0.15, -0.1) is 13.2 Å². The first-order valence-corrected chi connectivity index (χ1v) is 9.04. The Bertz CT molecular complexity index is 867. The van der Waals surface area contributed by atoms with E-state index in [0.717, 1.165) is 4.90 Å². The molecule has 3 rings (SSSR count). The van der Waals surface area contributed by atoms with Crippen molar-refractivity contribution in [2.24, 2.45) is 0 Å². The van der Waals surface area contributed by atoms with Crippen LogP contribution in [0.1, 0.15) is 18.9 Å². The Morgan fingerprint density at radius 3 is 2.24 bits per heavy atom. The van der Waals surface area contributed by atoms with E-state index in [0.29, 0.717) is 30.2 Å². The van der Waals surface area contributed by atoms with Gasteiger partial charge in [-0.05, 0) is 55.5 Å². The van der Waals surface area contributed by atoms with Gasteiger partial charge in [0, 0.05) is 5.56 Å². The minimum atomic E-state index is -4.74. The number of nitrogens with zero attached hydrogens (tertiary/aromatic N) is 1. The largest absolute Gasteiger partial charge is 0.573 e. The number of rotatable bonds is 7. The van der Waals surface area contributed by atoms with Crippen LogP contribution >= 0.6 is 0 Å². The van der Waals surface area contributed by atoms with Crippen LogP contribution in [0, 0.1) is 0 Å². The van der Waals surface area contributed by atoms with Crippen LogP contribution < -0.4 is 19.7 Å². The van der Waals surface area contributed by atoms with Crippen LogP contribution in [0.5, 0.6) is 11.5 Å². The topological polar surface area (TPSA) is 72.4 Å². The molecule has 0 unspecified atom stereocenters. The summed E-state index contributed by atoms with van der Waals surface area (Å²) in [7, 11) is 0. The van der Waals surface area contributed by atoms with E-state index in [1.807, 2.05) is 6.92 Å². The molecule has 9 heteroatoms. The second kappa shape index (κ2) is 8.52. The number of benzene rings is 2. The lowest BCUT2D eigenvalue weighted by Gasteiger charge is -2.15. The van der Waals surface area contributed by atoms with Crippen LogP contribution in [0.2, 0.25) is 0 Å². The SMILES string of the molecule is CCOc1ccc(N2C(=O)C[C@H]([NH2+]Cc3ccc(OC(F)(F)F)cc3)C2=O)cc1. The van der Waals surface area contributed by atoms with Crippen molar-refractivity contribution in [1.82, 2.24) is 0 Å². The molecule has 1 heterocycles. The van der Waals surface area contributed by atoms with Crippen molar-refractivity contribution in [3.8, 4) is 11.5 Å². The number of imide groups is 1. The molecule has 1 aliphatic rings. The zero-order valence-electron chi connectivity index (χ0n) is 15.6. The minimum Gasteiger partial charge on any atom is -0.494 e. The molecule has 0 saturated carbocycles. The summed E-state index contributed by atoms with van der Waals surface area (Å²) in [5, 5.41) is 1.70. The molecule has 1 atom stereocenters. The van der Waals surface area contributed by atoms with E-state index in [2.05, 4.69) is 4.74 Å². The lowest BCUT2D eigenvalue weighted by Crippen LogP contribution is -2.90. The Balaban J connectivity index is 1.60. The van der Waals surface area contributed by atoms with Crippen LogP contribution in [-0.2, 0) is 16.1 Å². The Hall–Kier alpha value is -3.07. The van der Waals surface area contributed by atoms with Crippen molar-refractivity contribution in [2.45, 2.75) is 32.3 Å². The Labute approximate surface area is 165 Å². The van der Waals surface area contributed by atoms with Gasteiger partial charge < -0.3 is 14.8 Å². The fourth-order valence-electron chi connectivity index (χ4n) is 3.07. The van der Waals surface area contributed by atoms with E-state index in [4.69, 9.17) is 4.74 Å². The van der Waals surface area contributed by atoms with Crippen LogP contribution in [-0.4, -0.2) is 30.8 Å². The summed E-state index contributed by atoms with van der Waals surface area (Å²) in [5.41, 5.74) is 1.19. The number of amides is 2. The van der Waals surface area contributed by atoms with Gasteiger partial charge in [-0.3, -0.25) is 9.59 Å². The first kappa shape index (κ1) is 20.7. The molecule has 154 valence electrons. The molecule has 0 radical (unpaired) electrons. The summed E-state index contributed by atoms with van der Waals surface area (Å²) < 4.78 is 45.8. The maximum atomic E-state index is 12.7. The number of anilines is 1. The van der Waals surface area contributed by atoms with Gasteiger partial charge in [0.1, 0.15) is 18.0 Å². The number of hydrogen-bond donors (Lipinski definition) is 1. The summed E-state index contributed by atoms with van der Waals surface area (Å²) in [6, 6.07) is 11.5. The third-order valence-corrected chi connectivity index (χ3v) is 4.38. The number of quaternary nitrogens is 1. The number of halogens is 3. The second-order valence-corrected chi connectivity index (χ2v) is 6.44. The molecule has 2 N–H and O–H groups in total. The number of nitrogens with two attached hydrogens (primary N) is 1. The summed E-state index contributed by atoms with van der Waals surface area (Å²) in [6.45, 7) is 2.72. The molecule has 0 spiro atoms. The summed E-state index contributed by atoms with van der Waals surface area (Å²) in [5.74, 6) is -0.281. The highest BCUT2D eigenvalue weighted by Crippen LogP contribution is 2.25. The summed E-state index contributed by atoms with van der Waals surface area (Å²) in [6.07, 6.45) is -4.68. The maximum absolute atomic E-state index is 12.7. The van der Waals surface area contributed by atoms with Crippen LogP contribution in [0.25, 0.3) is 0 Å². The van der Waals surface area contributed by atoms with Gasteiger partial charge in [0.2, 0.25) is 5.91 Å². The maximum Gasteiger partial charge on any atom is 0.573 e. The first-order valence-electron chi connectivity index (χ1n) is 9.04. The highest BCUT2D eigenvalue weighted by Gasteiger charge is 2.42. The third-order valence-electron chi connectivity index (χ3n) is 4.38. The van der Waals surface area contributed by atoms with Gasteiger partial charge in [-0.2, -0.15) is 0 Å². The summed E-state index contributed by atoms with van der Waals surface area (Å²) in [4.78, 5) is 26.1. The number of carbonyl (C=O) groups excluding carboxylic acids is 2. The van der Waals surface area contributed by atoms with Crippen LogP contribution in [0.4, 0.5) is 18.9 Å². The number of hydrogen-bond acceptors (Lipinski definition) is 4. The van der Waals surface area contributed by atoms with Crippen molar-refractivity contribution in [2.75, 3.05) is 11.5 Å². The van der Waals surface area contributed by atoms with Gasteiger partial charge in [0.05, 0.1) is 18.7 Å². The molecule has 2 aromatic rings. The van der Waals surface area contributed by atoms with E-state index in [1.54, 1.807) is 29.6 Å². The second-order valence-electron chi connectivity index (χ2n) is 6.44. The average molecular weight is 409 g/mol. The van der Waals surface area contributed by atoms with E-state index in [1.165, 1.54) is 24.3 Å². The van der Waals surface area contributed by atoms with E-state index >= 15 is 0 Å². The molecule has 6 nitrogen and oxygen atoms in total. The van der Waals surface area contributed by atoms with E-state index < -0.39 is 12.4 Å². The standard InChI is InChI=1S/C20H19F3N2O4/c1-2-28-15-9-5-14(6-10-15)25-18(26)11-17(19(25)27)24-12-13-3-7-16(8-4-13)29-20(21,22)23/h3-10,17,24H,2,11-12H2,1H3/p+1/t17-/m0/s1. The molecule has 0 bridgehead atoms. The lowest BCUT2D eigenvalue weighted by atomic mass is 10.2. The van der Waals surface area contributed by atoms with Crippen molar-refractivity contribution in [3.05, 3.63) is 54.1 Å².